The molecule has 1 heterocycles. The van der Waals surface area contributed by atoms with E-state index in [1.54, 1.807) is 6.92 Å². The average molecular weight is 297 g/mol. The molecule has 0 saturated heterocycles. The minimum atomic E-state index is -0.447. The Labute approximate surface area is 120 Å². The molecule has 0 atom stereocenters. The monoisotopic (exact) mass is 296 g/mol. The summed E-state index contributed by atoms with van der Waals surface area (Å²) in [6.45, 7) is 1.91. The molecule has 2 rings (SSSR count). The van der Waals surface area contributed by atoms with Crippen molar-refractivity contribution in [2.45, 2.75) is 19.9 Å². The van der Waals surface area contributed by atoms with Gasteiger partial charge in [-0.15, -0.1) is 11.6 Å². The van der Waals surface area contributed by atoms with E-state index in [0.717, 1.165) is 4.57 Å². The highest BCUT2D eigenvalue weighted by atomic mass is 35.5. The predicted molar refractivity (Wildman–Crippen MR) is 76.3 cm³/mol. The van der Waals surface area contributed by atoms with E-state index in [2.05, 4.69) is 0 Å². The molecule has 0 aliphatic heterocycles. The van der Waals surface area contributed by atoms with Crippen LogP contribution < -0.4 is 11.2 Å². The summed E-state index contributed by atoms with van der Waals surface area (Å²) in [6.07, 6.45) is 2.00. The minimum absolute atomic E-state index is 0.268. The summed E-state index contributed by atoms with van der Waals surface area (Å²) in [4.78, 5) is 24.3. The summed E-state index contributed by atoms with van der Waals surface area (Å²) in [6, 6.07) is 5.52. The molecule has 0 fully saturated rings. The van der Waals surface area contributed by atoms with Gasteiger partial charge in [0.1, 0.15) is 5.82 Å². The summed E-state index contributed by atoms with van der Waals surface area (Å²) in [5.74, 6) is -0.00917. The molecule has 106 valence electrons. The van der Waals surface area contributed by atoms with Crippen molar-refractivity contribution in [2.75, 3.05) is 5.88 Å². The SMILES string of the molecule is Cc1cn(-c2ccc(F)cc2)c(=O)n(CCCCl)c1=O. The fraction of sp³-hybridized carbons (Fsp3) is 0.286. The summed E-state index contributed by atoms with van der Waals surface area (Å²) in [7, 11) is 0. The second-order valence-corrected chi connectivity index (χ2v) is 4.82. The lowest BCUT2D eigenvalue weighted by atomic mass is 10.3. The normalized spacial score (nSPS) is 10.8. The molecule has 1 aromatic carbocycles. The van der Waals surface area contributed by atoms with Crippen LogP contribution in [0.15, 0.2) is 40.1 Å². The summed E-state index contributed by atoms with van der Waals surface area (Å²) in [5, 5.41) is 0. The van der Waals surface area contributed by atoms with Crippen LogP contribution in [0.3, 0.4) is 0 Å². The summed E-state index contributed by atoms with van der Waals surface area (Å²) in [5.41, 5.74) is 0.193. The van der Waals surface area contributed by atoms with Gasteiger partial charge in [-0.05, 0) is 37.6 Å². The number of nitrogens with zero attached hydrogens (tertiary/aromatic N) is 2. The molecular weight excluding hydrogens is 283 g/mol. The molecule has 0 saturated carbocycles. The maximum absolute atomic E-state index is 12.9. The quantitative estimate of drug-likeness (QED) is 0.811. The fourth-order valence-electron chi connectivity index (χ4n) is 1.94. The van der Waals surface area contributed by atoms with E-state index in [1.165, 1.54) is 35.0 Å². The van der Waals surface area contributed by atoms with E-state index in [4.69, 9.17) is 11.6 Å². The van der Waals surface area contributed by atoms with Gasteiger partial charge in [0.25, 0.3) is 5.56 Å². The van der Waals surface area contributed by atoms with Gasteiger partial charge in [-0.1, -0.05) is 0 Å². The zero-order valence-electron chi connectivity index (χ0n) is 11.0. The number of hydrogen-bond donors (Lipinski definition) is 0. The van der Waals surface area contributed by atoms with E-state index >= 15 is 0 Å². The molecule has 0 radical (unpaired) electrons. The Hall–Kier alpha value is -1.88. The number of benzene rings is 1. The lowest BCUT2D eigenvalue weighted by Crippen LogP contribution is -2.40. The molecule has 2 aromatic rings. The third-order valence-electron chi connectivity index (χ3n) is 2.96. The van der Waals surface area contributed by atoms with Crippen molar-refractivity contribution in [1.29, 1.82) is 0 Å². The van der Waals surface area contributed by atoms with Gasteiger partial charge in [0.05, 0.1) is 5.69 Å². The van der Waals surface area contributed by atoms with Gasteiger partial charge in [-0.3, -0.25) is 13.9 Å². The molecule has 20 heavy (non-hydrogen) atoms. The maximum atomic E-state index is 12.9. The van der Waals surface area contributed by atoms with E-state index in [-0.39, 0.29) is 17.9 Å². The Balaban J connectivity index is 2.60. The summed E-state index contributed by atoms with van der Waals surface area (Å²) < 4.78 is 15.4. The Morgan fingerprint density at radius 3 is 2.45 bits per heavy atom. The van der Waals surface area contributed by atoms with Crippen molar-refractivity contribution in [3.05, 3.63) is 62.7 Å². The van der Waals surface area contributed by atoms with Crippen LogP contribution in [0.25, 0.3) is 5.69 Å². The molecule has 1 aromatic heterocycles. The van der Waals surface area contributed by atoms with Crippen LogP contribution in [0, 0.1) is 12.7 Å². The molecule has 4 nitrogen and oxygen atoms in total. The zero-order valence-corrected chi connectivity index (χ0v) is 11.7. The first-order chi connectivity index (χ1) is 9.54. The van der Waals surface area contributed by atoms with E-state index < -0.39 is 5.69 Å². The van der Waals surface area contributed by atoms with Gasteiger partial charge in [0.2, 0.25) is 0 Å². The van der Waals surface area contributed by atoms with Crippen LogP contribution in [-0.4, -0.2) is 15.0 Å². The van der Waals surface area contributed by atoms with Crippen molar-refractivity contribution in [3.8, 4) is 5.69 Å². The number of alkyl halides is 1. The van der Waals surface area contributed by atoms with Gasteiger partial charge < -0.3 is 0 Å². The highest BCUT2D eigenvalue weighted by Gasteiger charge is 2.09. The van der Waals surface area contributed by atoms with E-state index in [9.17, 15) is 14.0 Å². The van der Waals surface area contributed by atoms with E-state index in [1.807, 2.05) is 0 Å². The fourth-order valence-corrected chi connectivity index (χ4v) is 2.06. The van der Waals surface area contributed by atoms with Crippen LogP contribution >= 0.6 is 11.6 Å². The Kier molecular flexibility index (Phi) is 4.39. The number of aryl methyl sites for hydroxylation is 1. The second kappa shape index (κ2) is 6.05. The molecule has 0 aliphatic carbocycles. The van der Waals surface area contributed by atoms with Crippen LogP contribution in [0.5, 0.6) is 0 Å². The highest BCUT2D eigenvalue weighted by Crippen LogP contribution is 2.06. The number of aromatic nitrogens is 2. The third-order valence-corrected chi connectivity index (χ3v) is 3.23. The first-order valence-corrected chi connectivity index (χ1v) is 6.73. The highest BCUT2D eigenvalue weighted by molar-refractivity contribution is 6.17. The van der Waals surface area contributed by atoms with Crippen LogP contribution in [0.1, 0.15) is 12.0 Å². The smallest absolute Gasteiger partial charge is 0.269 e. The van der Waals surface area contributed by atoms with Crippen LogP contribution in [-0.2, 0) is 6.54 Å². The first kappa shape index (κ1) is 14.5. The second-order valence-electron chi connectivity index (χ2n) is 4.44. The predicted octanol–water partition coefficient (Wildman–Crippen LogP) is 2.08. The molecule has 0 unspecified atom stereocenters. The van der Waals surface area contributed by atoms with Crippen molar-refractivity contribution in [3.63, 3.8) is 0 Å². The Morgan fingerprint density at radius 2 is 1.85 bits per heavy atom. The third kappa shape index (κ3) is 2.82. The first-order valence-electron chi connectivity index (χ1n) is 6.19. The lowest BCUT2D eigenvalue weighted by Gasteiger charge is -2.11. The van der Waals surface area contributed by atoms with Gasteiger partial charge in [-0.25, -0.2) is 9.18 Å². The van der Waals surface area contributed by atoms with Crippen LogP contribution in [0.4, 0.5) is 4.39 Å². The van der Waals surface area contributed by atoms with Gasteiger partial charge >= 0.3 is 5.69 Å². The average Bonchev–Trinajstić information content (AvgIpc) is 2.44. The van der Waals surface area contributed by atoms with Crippen LogP contribution in [0.2, 0.25) is 0 Å². The van der Waals surface area contributed by atoms with Crippen molar-refractivity contribution >= 4 is 11.6 Å². The van der Waals surface area contributed by atoms with Gasteiger partial charge in [0.15, 0.2) is 0 Å². The van der Waals surface area contributed by atoms with Crippen molar-refractivity contribution in [2.24, 2.45) is 0 Å². The largest absolute Gasteiger partial charge is 0.335 e. The molecular formula is C14H14ClFN2O2. The van der Waals surface area contributed by atoms with E-state index in [0.29, 0.717) is 23.6 Å². The molecule has 0 amide bonds. The Morgan fingerprint density at radius 1 is 1.20 bits per heavy atom. The minimum Gasteiger partial charge on any atom is -0.269 e. The van der Waals surface area contributed by atoms with Gasteiger partial charge in [-0.2, -0.15) is 0 Å². The van der Waals surface area contributed by atoms with Crippen molar-refractivity contribution in [1.82, 2.24) is 9.13 Å². The topological polar surface area (TPSA) is 44.0 Å². The molecule has 0 aliphatic rings. The summed E-state index contributed by atoms with van der Waals surface area (Å²) >= 11 is 5.60. The lowest BCUT2D eigenvalue weighted by molar-refractivity contribution is 0.593. The number of halogens is 2. The standard InChI is InChI=1S/C14H14ClFN2O2/c1-10-9-18(12-5-3-11(16)4-6-12)14(20)17(13(10)19)8-2-7-15/h3-6,9H,2,7-8H2,1H3. The van der Waals surface area contributed by atoms with Gasteiger partial charge in [0, 0.05) is 24.2 Å². The number of hydrogen-bond acceptors (Lipinski definition) is 2. The zero-order chi connectivity index (χ0) is 14.7. The molecule has 0 spiro atoms. The molecule has 6 heteroatoms. The number of rotatable bonds is 4. The maximum Gasteiger partial charge on any atom is 0.335 e. The van der Waals surface area contributed by atoms with Crippen molar-refractivity contribution < 1.29 is 4.39 Å². The molecule has 0 bridgehead atoms. The Bertz CT molecular complexity index is 719. The molecule has 0 N–H and O–H groups in total.